The predicted octanol–water partition coefficient (Wildman–Crippen LogP) is 5.80. The Labute approximate surface area is 150 Å². The Kier molecular flexibility index (Phi) is 5.45. The van der Waals surface area contributed by atoms with Gasteiger partial charge in [-0.2, -0.15) is 0 Å². The van der Waals surface area contributed by atoms with E-state index in [4.69, 9.17) is 0 Å². The van der Waals surface area contributed by atoms with Crippen LogP contribution in [-0.2, 0) is 12.8 Å². The topological polar surface area (TPSA) is 17.1 Å². The Balaban J connectivity index is 2.02. The van der Waals surface area contributed by atoms with Gasteiger partial charge >= 0.3 is 0 Å². The van der Waals surface area contributed by atoms with Crippen LogP contribution in [0.25, 0.3) is 0 Å². The van der Waals surface area contributed by atoms with Crippen LogP contribution in [0.3, 0.4) is 0 Å². The van der Waals surface area contributed by atoms with Crippen LogP contribution in [0.4, 0.5) is 0 Å². The van der Waals surface area contributed by atoms with E-state index in [1.807, 2.05) is 24.3 Å². The van der Waals surface area contributed by atoms with Crippen molar-refractivity contribution < 1.29 is 4.79 Å². The van der Waals surface area contributed by atoms with Gasteiger partial charge in [0.15, 0.2) is 0 Å². The van der Waals surface area contributed by atoms with E-state index in [-0.39, 0.29) is 0 Å². The average molecular weight is 328 g/mol. The first-order valence-corrected chi connectivity index (χ1v) is 8.86. The van der Waals surface area contributed by atoms with E-state index in [2.05, 4.69) is 62.4 Å². The van der Waals surface area contributed by atoms with Gasteiger partial charge in [0, 0.05) is 5.56 Å². The highest BCUT2D eigenvalue weighted by molar-refractivity contribution is 5.78. The van der Waals surface area contributed by atoms with Crippen LogP contribution in [0, 0.1) is 0 Å². The second-order valence-corrected chi connectivity index (χ2v) is 6.85. The summed E-state index contributed by atoms with van der Waals surface area (Å²) in [5, 5.41) is 0. The molecule has 0 unspecified atom stereocenters. The third kappa shape index (κ3) is 4.24. The van der Waals surface area contributed by atoms with Crippen molar-refractivity contribution in [1.82, 2.24) is 0 Å². The Hall–Kier alpha value is -2.67. The maximum atomic E-state index is 11.7. The predicted molar refractivity (Wildman–Crippen MR) is 104 cm³/mol. The number of hydrogen-bond donors (Lipinski definition) is 0. The van der Waals surface area contributed by atoms with Crippen molar-refractivity contribution in [2.45, 2.75) is 32.6 Å². The van der Waals surface area contributed by atoms with Gasteiger partial charge in [-0.3, -0.25) is 4.79 Å². The van der Waals surface area contributed by atoms with Gasteiger partial charge in [0.05, 0.1) is 0 Å². The number of rotatable bonds is 6. The van der Waals surface area contributed by atoms with Gasteiger partial charge < -0.3 is 0 Å². The minimum atomic E-state index is 0.392. The Bertz CT molecular complexity index is 833. The van der Waals surface area contributed by atoms with Gasteiger partial charge in [-0.05, 0) is 52.6 Å². The summed E-state index contributed by atoms with van der Waals surface area (Å²) < 4.78 is 0. The lowest BCUT2D eigenvalue weighted by molar-refractivity contribution is 0.112. The molecule has 1 nitrogen and oxygen atoms in total. The molecule has 0 saturated heterocycles. The van der Waals surface area contributed by atoms with E-state index in [0.717, 1.165) is 30.3 Å². The van der Waals surface area contributed by atoms with Crippen LogP contribution in [0.5, 0.6) is 0 Å². The molecule has 0 atom stereocenters. The number of hydrogen-bond acceptors (Lipinski definition) is 1. The van der Waals surface area contributed by atoms with Crippen LogP contribution in [0.2, 0.25) is 0 Å². The van der Waals surface area contributed by atoms with Crippen molar-refractivity contribution in [2.75, 3.05) is 0 Å². The molecule has 0 radical (unpaired) electrons. The molecule has 0 bridgehead atoms. The summed E-state index contributed by atoms with van der Waals surface area (Å²) in [7, 11) is 0. The average Bonchev–Trinajstić information content (AvgIpc) is 2.63. The molecule has 0 N–H and O–H groups in total. The minimum Gasteiger partial charge on any atom is -0.298 e. The first-order chi connectivity index (χ1) is 12.2. The third-order valence-electron chi connectivity index (χ3n) is 4.62. The summed E-state index contributed by atoms with van der Waals surface area (Å²) in [6.45, 7) is 4.38. The zero-order valence-electron chi connectivity index (χ0n) is 14.9. The summed E-state index contributed by atoms with van der Waals surface area (Å²) in [6.07, 6.45) is 2.68. The zero-order chi connectivity index (χ0) is 17.6. The minimum absolute atomic E-state index is 0.392. The molecular formula is C24H24O. The van der Waals surface area contributed by atoms with Crippen molar-refractivity contribution >= 4 is 6.29 Å². The number of carbonyl (C=O) groups excluding carboxylic acids is 1. The molecule has 25 heavy (non-hydrogen) atoms. The third-order valence-corrected chi connectivity index (χ3v) is 4.62. The highest BCUT2D eigenvalue weighted by atomic mass is 16.1. The Morgan fingerprint density at radius 3 is 1.76 bits per heavy atom. The molecule has 3 rings (SSSR count). The fraction of sp³-hybridized carbons (Fsp3) is 0.208. The van der Waals surface area contributed by atoms with Gasteiger partial charge in [0.25, 0.3) is 0 Å². The summed E-state index contributed by atoms with van der Waals surface area (Å²) in [5.74, 6) is 0.392. The molecule has 0 heterocycles. The van der Waals surface area contributed by atoms with Crippen LogP contribution in [0.1, 0.15) is 57.9 Å². The fourth-order valence-electron chi connectivity index (χ4n) is 3.31. The maximum Gasteiger partial charge on any atom is 0.150 e. The van der Waals surface area contributed by atoms with Gasteiger partial charge in [-0.1, -0.05) is 80.6 Å². The molecule has 0 aliphatic heterocycles. The second-order valence-electron chi connectivity index (χ2n) is 6.85. The summed E-state index contributed by atoms with van der Waals surface area (Å²) in [4.78, 5) is 11.7. The van der Waals surface area contributed by atoms with Crippen molar-refractivity contribution in [2.24, 2.45) is 0 Å². The number of carbonyl (C=O) groups is 1. The number of benzene rings is 3. The lowest BCUT2D eigenvalue weighted by Crippen LogP contribution is -2.04. The van der Waals surface area contributed by atoms with E-state index in [1.165, 1.54) is 22.3 Å². The monoisotopic (exact) mass is 328 g/mol. The van der Waals surface area contributed by atoms with Gasteiger partial charge in [0.1, 0.15) is 6.29 Å². The molecular weight excluding hydrogens is 304 g/mol. The van der Waals surface area contributed by atoms with E-state index < -0.39 is 0 Å². The molecule has 0 saturated carbocycles. The van der Waals surface area contributed by atoms with Crippen LogP contribution >= 0.6 is 0 Å². The van der Waals surface area contributed by atoms with Gasteiger partial charge in [0.2, 0.25) is 0 Å². The fourth-order valence-corrected chi connectivity index (χ4v) is 3.31. The van der Waals surface area contributed by atoms with E-state index in [1.54, 1.807) is 0 Å². The summed E-state index contributed by atoms with van der Waals surface area (Å²) >= 11 is 0. The molecule has 126 valence electrons. The van der Waals surface area contributed by atoms with Crippen molar-refractivity contribution in [3.05, 3.63) is 106 Å². The first kappa shape index (κ1) is 17.2. The molecule has 0 fully saturated rings. The molecule has 3 aromatic rings. The van der Waals surface area contributed by atoms with Crippen LogP contribution in [0.15, 0.2) is 72.8 Å². The quantitative estimate of drug-likeness (QED) is 0.522. The normalized spacial score (nSPS) is 10.8. The molecule has 0 amide bonds. The molecule has 3 aromatic carbocycles. The largest absolute Gasteiger partial charge is 0.298 e. The highest BCUT2D eigenvalue weighted by Gasteiger charge is 2.13. The lowest BCUT2D eigenvalue weighted by Gasteiger charge is -2.17. The van der Waals surface area contributed by atoms with Crippen molar-refractivity contribution in [3.63, 3.8) is 0 Å². The number of aldehydes is 1. The summed E-state index contributed by atoms with van der Waals surface area (Å²) in [5.41, 5.74) is 7.03. The van der Waals surface area contributed by atoms with Crippen molar-refractivity contribution in [1.29, 1.82) is 0 Å². The maximum absolute atomic E-state index is 11.7. The van der Waals surface area contributed by atoms with Crippen molar-refractivity contribution in [3.8, 4) is 0 Å². The second kappa shape index (κ2) is 7.94. The van der Waals surface area contributed by atoms with E-state index in [9.17, 15) is 4.79 Å². The highest BCUT2D eigenvalue weighted by Crippen LogP contribution is 2.27. The molecule has 0 aliphatic rings. The van der Waals surface area contributed by atoms with Gasteiger partial charge in [-0.25, -0.2) is 0 Å². The molecule has 1 heteroatoms. The Morgan fingerprint density at radius 1 is 0.760 bits per heavy atom. The van der Waals surface area contributed by atoms with Crippen LogP contribution < -0.4 is 0 Å². The SMILES string of the molecule is CC(C)c1cc(C=O)c(Cc2ccccc2)cc1Cc1ccccc1. The van der Waals surface area contributed by atoms with E-state index >= 15 is 0 Å². The molecule has 0 spiro atoms. The zero-order valence-corrected chi connectivity index (χ0v) is 14.9. The van der Waals surface area contributed by atoms with Gasteiger partial charge in [-0.15, -0.1) is 0 Å². The first-order valence-electron chi connectivity index (χ1n) is 8.86. The molecule has 0 aromatic heterocycles. The standard InChI is InChI=1S/C24H24O/c1-18(2)24-16-23(17-25)21(13-19-9-5-3-6-10-19)15-22(24)14-20-11-7-4-8-12-20/h3-12,15-18H,13-14H2,1-2H3. The molecule has 0 aliphatic carbocycles. The lowest BCUT2D eigenvalue weighted by atomic mass is 9.87. The van der Waals surface area contributed by atoms with Crippen LogP contribution in [-0.4, -0.2) is 6.29 Å². The summed E-state index contributed by atoms with van der Waals surface area (Å²) in [6, 6.07) is 25.2. The smallest absolute Gasteiger partial charge is 0.150 e. The Morgan fingerprint density at radius 2 is 1.28 bits per heavy atom. The van der Waals surface area contributed by atoms with E-state index in [0.29, 0.717) is 5.92 Å².